The van der Waals surface area contributed by atoms with Gasteiger partial charge in [0.1, 0.15) is 0 Å². The SMILES string of the molecule is NNC(c1cccc(Cl)c1)c1ccc(Br)cc1Cl. The standard InChI is InChI=1S/C13H11BrCl2N2/c14-9-4-5-11(12(16)7-9)13(18-17)8-2-1-3-10(15)6-8/h1-7,13,18H,17H2. The Hall–Kier alpha value is -0.580. The first-order valence-corrected chi connectivity index (χ1v) is 6.83. The maximum Gasteiger partial charge on any atom is 0.0725 e. The van der Waals surface area contributed by atoms with E-state index in [1.807, 2.05) is 42.5 Å². The molecule has 0 amide bonds. The van der Waals surface area contributed by atoms with E-state index in [1.54, 1.807) is 0 Å². The third-order valence-corrected chi connectivity index (χ3v) is 3.68. The molecule has 0 radical (unpaired) electrons. The van der Waals surface area contributed by atoms with Crippen LogP contribution in [0.15, 0.2) is 46.9 Å². The maximum absolute atomic E-state index is 6.23. The van der Waals surface area contributed by atoms with Crippen molar-refractivity contribution in [2.75, 3.05) is 0 Å². The Kier molecular flexibility index (Phi) is 4.65. The molecule has 0 fully saturated rings. The van der Waals surface area contributed by atoms with Gasteiger partial charge in [-0.1, -0.05) is 57.3 Å². The quantitative estimate of drug-likeness (QED) is 0.642. The first kappa shape index (κ1) is 13.8. The van der Waals surface area contributed by atoms with Crippen molar-refractivity contribution in [1.82, 2.24) is 5.43 Å². The summed E-state index contributed by atoms with van der Waals surface area (Å²) in [6.07, 6.45) is 0. The minimum Gasteiger partial charge on any atom is -0.271 e. The second-order valence-electron chi connectivity index (χ2n) is 3.82. The van der Waals surface area contributed by atoms with Crippen molar-refractivity contribution in [3.8, 4) is 0 Å². The van der Waals surface area contributed by atoms with Gasteiger partial charge in [0.25, 0.3) is 0 Å². The summed E-state index contributed by atoms with van der Waals surface area (Å²) in [6.45, 7) is 0. The molecular formula is C13H11BrCl2N2. The summed E-state index contributed by atoms with van der Waals surface area (Å²) in [6, 6.07) is 13.0. The summed E-state index contributed by atoms with van der Waals surface area (Å²) in [5, 5.41) is 1.31. The normalized spacial score (nSPS) is 12.4. The van der Waals surface area contributed by atoms with E-state index in [9.17, 15) is 0 Å². The third-order valence-electron chi connectivity index (χ3n) is 2.62. The van der Waals surface area contributed by atoms with Crippen LogP contribution in [0.5, 0.6) is 0 Å². The zero-order valence-electron chi connectivity index (χ0n) is 9.33. The zero-order valence-corrected chi connectivity index (χ0v) is 12.4. The number of nitrogens with one attached hydrogen (secondary N) is 1. The molecule has 2 rings (SSSR count). The fourth-order valence-corrected chi connectivity index (χ4v) is 2.77. The molecule has 1 atom stereocenters. The first-order valence-electron chi connectivity index (χ1n) is 5.28. The Balaban J connectivity index is 2.45. The number of benzene rings is 2. The molecule has 2 aromatic rings. The molecule has 1 unspecified atom stereocenters. The van der Waals surface area contributed by atoms with Gasteiger partial charge < -0.3 is 0 Å². The van der Waals surface area contributed by atoms with E-state index < -0.39 is 0 Å². The lowest BCUT2D eigenvalue weighted by Gasteiger charge is -2.18. The molecule has 3 N–H and O–H groups in total. The molecule has 0 aliphatic carbocycles. The monoisotopic (exact) mass is 344 g/mol. The molecule has 18 heavy (non-hydrogen) atoms. The predicted molar refractivity (Wildman–Crippen MR) is 79.8 cm³/mol. The van der Waals surface area contributed by atoms with Gasteiger partial charge >= 0.3 is 0 Å². The third kappa shape index (κ3) is 3.05. The molecule has 2 nitrogen and oxygen atoms in total. The van der Waals surface area contributed by atoms with Crippen molar-refractivity contribution >= 4 is 39.1 Å². The Morgan fingerprint density at radius 2 is 1.89 bits per heavy atom. The topological polar surface area (TPSA) is 38.0 Å². The van der Waals surface area contributed by atoms with E-state index >= 15 is 0 Å². The highest BCUT2D eigenvalue weighted by atomic mass is 79.9. The summed E-state index contributed by atoms with van der Waals surface area (Å²) in [5.41, 5.74) is 4.64. The second-order valence-corrected chi connectivity index (χ2v) is 5.58. The lowest BCUT2D eigenvalue weighted by molar-refractivity contribution is 0.637. The highest BCUT2D eigenvalue weighted by Gasteiger charge is 2.15. The van der Waals surface area contributed by atoms with Gasteiger partial charge in [0, 0.05) is 14.5 Å². The zero-order chi connectivity index (χ0) is 13.1. The summed E-state index contributed by atoms with van der Waals surface area (Å²) in [4.78, 5) is 0. The number of hydrogen-bond donors (Lipinski definition) is 2. The van der Waals surface area contributed by atoms with Gasteiger partial charge in [-0.05, 0) is 35.4 Å². The molecule has 2 aromatic carbocycles. The summed E-state index contributed by atoms with van der Waals surface area (Å²) in [7, 11) is 0. The Labute approximate surface area is 124 Å². The Bertz CT molecular complexity index is 560. The fourth-order valence-electron chi connectivity index (χ4n) is 1.79. The van der Waals surface area contributed by atoms with Gasteiger partial charge in [-0.3, -0.25) is 5.84 Å². The van der Waals surface area contributed by atoms with Crippen molar-refractivity contribution in [2.45, 2.75) is 6.04 Å². The van der Waals surface area contributed by atoms with Gasteiger partial charge in [-0.15, -0.1) is 0 Å². The molecule has 0 aliphatic rings. The van der Waals surface area contributed by atoms with Crippen molar-refractivity contribution in [3.63, 3.8) is 0 Å². The van der Waals surface area contributed by atoms with Crippen LogP contribution < -0.4 is 11.3 Å². The van der Waals surface area contributed by atoms with Gasteiger partial charge in [-0.25, -0.2) is 5.43 Å². The highest BCUT2D eigenvalue weighted by molar-refractivity contribution is 9.10. The Morgan fingerprint density at radius 3 is 2.50 bits per heavy atom. The van der Waals surface area contributed by atoms with Crippen LogP contribution in [0.1, 0.15) is 17.2 Å². The van der Waals surface area contributed by atoms with Crippen LogP contribution in [0.4, 0.5) is 0 Å². The minimum absolute atomic E-state index is 0.190. The van der Waals surface area contributed by atoms with Crippen LogP contribution in [-0.4, -0.2) is 0 Å². The summed E-state index contributed by atoms with van der Waals surface area (Å²) >= 11 is 15.6. The van der Waals surface area contributed by atoms with Crippen LogP contribution >= 0.6 is 39.1 Å². The number of hydrogen-bond acceptors (Lipinski definition) is 2. The van der Waals surface area contributed by atoms with Crippen molar-refractivity contribution in [2.24, 2.45) is 5.84 Å². The summed E-state index contributed by atoms with van der Waals surface area (Å²) in [5.74, 6) is 5.63. The first-order chi connectivity index (χ1) is 8.61. The van der Waals surface area contributed by atoms with Crippen LogP contribution in [0.25, 0.3) is 0 Å². The average molecular weight is 346 g/mol. The lowest BCUT2D eigenvalue weighted by atomic mass is 9.99. The highest BCUT2D eigenvalue weighted by Crippen LogP contribution is 2.30. The van der Waals surface area contributed by atoms with Gasteiger partial charge in [-0.2, -0.15) is 0 Å². The largest absolute Gasteiger partial charge is 0.271 e. The van der Waals surface area contributed by atoms with Crippen molar-refractivity contribution in [1.29, 1.82) is 0 Å². The molecule has 0 saturated heterocycles. The molecule has 0 saturated carbocycles. The summed E-state index contributed by atoms with van der Waals surface area (Å²) < 4.78 is 0.929. The van der Waals surface area contributed by atoms with E-state index in [2.05, 4.69) is 21.4 Å². The van der Waals surface area contributed by atoms with Crippen molar-refractivity contribution in [3.05, 3.63) is 68.1 Å². The molecule has 0 heterocycles. The lowest BCUT2D eigenvalue weighted by Crippen LogP contribution is -2.29. The smallest absolute Gasteiger partial charge is 0.0725 e. The van der Waals surface area contributed by atoms with Crippen LogP contribution in [0.2, 0.25) is 10.0 Å². The molecule has 5 heteroatoms. The molecule has 0 bridgehead atoms. The molecule has 94 valence electrons. The Morgan fingerprint density at radius 1 is 1.11 bits per heavy atom. The van der Waals surface area contributed by atoms with Crippen LogP contribution in [0, 0.1) is 0 Å². The average Bonchev–Trinajstić information content (AvgIpc) is 2.33. The predicted octanol–water partition coefficient (Wildman–Crippen LogP) is 4.31. The number of nitrogens with two attached hydrogens (primary N) is 1. The van der Waals surface area contributed by atoms with Crippen LogP contribution in [0.3, 0.4) is 0 Å². The van der Waals surface area contributed by atoms with E-state index in [-0.39, 0.29) is 6.04 Å². The van der Waals surface area contributed by atoms with E-state index in [0.717, 1.165) is 15.6 Å². The number of halogens is 3. The molecule has 0 spiro atoms. The van der Waals surface area contributed by atoms with Gasteiger partial charge in [0.2, 0.25) is 0 Å². The van der Waals surface area contributed by atoms with Gasteiger partial charge in [0.05, 0.1) is 6.04 Å². The maximum atomic E-state index is 6.23. The van der Waals surface area contributed by atoms with E-state index in [4.69, 9.17) is 29.0 Å². The van der Waals surface area contributed by atoms with E-state index in [0.29, 0.717) is 10.0 Å². The fraction of sp³-hybridized carbons (Fsp3) is 0.0769. The molecule has 0 aromatic heterocycles. The molecular weight excluding hydrogens is 335 g/mol. The number of hydrazine groups is 1. The number of rotatable bonds is 3. The van der Waals surface area contributed by atoms with Gasteiger partial charge in [0.15, 0.2) is 0 Å². The van der Waals surface area contributed by atoms with Crippen molar-refractivity contribution < 1.29 is 0 Å². The minimum atomic E-state index is -0.190. The second kappa shape index (κ2) is 6.04. The van der Waals surface area contributed by atoms with Crippen LogP contribution in [-0.2, 0) is 0 Å². The van der Waals surface area contributed by atoms with E-state index in [1.165, 1.54) is 0 Å². The molecule has 0 aliphatic heterocycles.